The number of nitro groups is 1. The third-order valence-electron chi connectivity index (χ3n) is 2.81. The van der Waals surface area contributed by atoms with E-state index < -0.39 is 10.9 Å². The Hall–Kier alpha value is -2.96. The lowest BCUT2D eigenvalue weighted by molar-refractivity contribution is -0.385. The highest BCUT2D eigenvalue weighted by Gasteiger charge is 2.22. The highest BCUT2D eigenvalue weighted by atomic mass is 16.6. The molecule has 1 heterocycles. The molecule has 0 amide bonds. The molecule has 0 saturated carbocycles. The van der Waals surface area contributed by atoms with Crippen LogP contribution in [0.3, 0.4) is 0 Å². The van der Waals surface area contributed by atoms with Crippen molar-refractivity contribution in [1.29, 1.82) is 0 Å². The molecule has 7 heteroatoms. The maximum absolute atomic E-state index is 11.1. The van der Waals surface area contributed by atoms with Crippen molar-refractivity contribution in [1.82, 2.24) is 4.98 Å². The zero-order chi connectivity index (χ0) is 15.2. The van der Waals surface area contributed by atoms with E-state index in [0.29, 0.717) is 6.42 Å². The molecule has 7 nitrogen and oxygen atoms in total. The number of nitrogens with zero attached hydrogens (tertiary/aromatic N) is 2. The van der Waals surface area contributed by atoms with Gasteiger partial charge in [-0.3, -0.25) is 15.1 Å². The van der Waals surface area contributed by atoms with Crippen molar-refractivity contribution in [3.8, 4) is 5.75 Å². The van der Waals surface area contributed by atoms with Crippen LogP contribution < -0.4 is 4.74 Å². The summed E-state index contributed by atoms with van der Waals surface area (Å²) in [5.41, 5.74) is 0.365. The Bertz CT molecular complexity index is 625. The first-order valence-corrected chi connectivity index (χ1v) is 6.12. The number of nitro benzene ring substituents is 1. The van der Waals surface area contributed by atoms with E-state index in [2.05, 4.69) is 4.98 Å². The summed E-state index contributed by atoms with van der Waals surface area (Å²) in [6.45, 7) is 0.134. The van der Waals surface area contributed by atoms with Crippen molar-refractivity contribution in [2.24, 2.45) is 0 Å². The van der Waals surface area contributed by atoms with Crippen LogP contribution in [-0.4, -0.2) is 27.6 Å². The number of hydrogen-bond acceptors (Lipinski definition) is 5. The van der Waals surface area contributed by atoms with Crippen LogP contribution in [0.15, 0.2) is 42.7 Å². The molecule has 0 unspecified atom stereocenters. The average molecular weight is 288 g/mol. The van der Waals surface area contributed by atoms with Crippen LogP contribution in [0.2, 0.25) is 0 Å². The molecule has 0 bridgehead atoms. The van der Waals surface area contributed by atoms with Gasteiger partial charge < -0.3 is 9.84 Å². The summed E-state index contributed by atoms with van der Waals surface area (Å²) in [4.78, 5) is 25.3. The standard InChI is InChI=1S/C14H12N2O5/c17-14(18)11-2-1-3-12(16(19)20)13(11)21-9-6-10-4-7-15-8-5-10/h1-5,7-8H,6,9H2,(H,17,18). The SMILES string of the molecule is O=C(O)c1cccc([N+](=O)[O-])c1OCCc1ccncc1. The van der Waals surface area contributed by atoms with Crippen molar-refractivity contribution in [2.45, 2.75) is 6.42 Å². The van der Waals surface area contributed by atoms with Crippen molar-refractivity contribution in [3.63, 3.8) is 0 Å². The fraction of sp³-hybridized carbons (Fsp3) is 0.143. The molecular formula is C14H12N2O5. The molecule has 1 aromatic heterocycles. The van der Waals surface area contributed by atoms with Gasteiger partial charge in [-0.25, -0.2) is 4.79 Å². The van der Waals surface area contributed by atoms with E-state index >= 15 is 0 Å². The number of benzene rings is 1. The van der Waals surface area contributed by atoms with Gasteiger partial charge in [-0.05, 0) is 23.8 Å². The summed E-state index contributed by atoms with van der Waals surface area (Å²) in [5.74, 6) is -1.48. The maximum Gasteiger partial charge on any atom is 0.339 e. The summed E-state index contributed by atoms with van der Waals surface area (Å²) in [6.07, 6.45) is 3.75. The minimum absolute atomic E-state index is 0.134. The van der Waals surface area contributed by atoms with Crippen LogP contribution in [0.5, 0.6) is 5.75 Å². The first kappa shape index (κ1) is 14.4. The molecule has 1 aromatic carbocycles. The van der Waals surface area contributed by atoms with Gasteiger partial charge in [-0.1, -0.05) is 6.07 Å². The first-order valence-electron chi connectivity index (χ1n) is 6.12. The number of rotatable bonds is 6. The summed E-state index contributed by atoms with van der Waals surface area (Å²) in [7, 11) is 0. The Morgan fingerprint density at radius 1 is 1.29 bits per heavy atom. The van der Waals surface area contributed by atoms with E-state index in [-0.39, 0.29) is 23.6 Å². The van der Waals surface area contributed by atoms with Gasteiger partial charge in [-0.2, -0.15) is 0 Å². The Labute approximate surface area is 120 Å². The molecule has 0 aliphatic carbocycles. The summed E-state index contributed by atoms with van der Waals surface area (Å²) < 4.78 is 5.35. The van der Waals surface area contributed by atoms with Crippen LogP contribution in [-0.2, 0) is 6.42 Å². The predicted molar refractivity (Wildman–Crippen MR) is 73.5 cm³/mol. The Balaban J connectivity index is 2.18. The van der Waals surface area contributed by atoms with Crippen LogP contribution in [0.4, 0.5) is 5.69 Å². The average Bonchev–Trinajstić information content (AvgIpc) is 2.48. The Kier molecular flexibility index (Phi) is 4.45. The highest BCUT2D eigenvalue weighted by molar-refractivity contribution is 5.92. The number of aromatic nitrogens is 1. The highest BCUT2D eigenvalue weighted by Crippen LogP contribution is 2.31. The lowest BCUT2D eigenvalue weighted by Crippen LogP contribution is -2.08. The molecule has 0 aliphatic rings. The van der Waals surface area contributed by atoms with Crippen LogP contribution in [0, 0.1) is 10.1 Å². The molecular weight excluding hydrogens is 276 g/mol. The molecule has 0 spiro atoms. The second-order valence-electron chi connectivity index (χ2n) is 4.17. The zero-order valence-corrected chi connectivity index (χ0v) is 10.9. The number of hydrogen-bond donors (Lipinski definition) is 1. The van der Waals surface area contributed by atoms with Gasteiger partial charge >= 0.3 is 11.7 Å². The Morgan fingerprint density at radius 3 is 2.62 bits per heavy atom. The van der Waals surface area contributed by atoms with Gasteiger partial charge in [0.2, 0.25) is 5.75 Å². The van der Waals surface area contributed by atoms with E-state index in [1.165, 1.54) is 18.2 Å². The molecule has 21 heavy (non-hydrogen) atoms. The smallest absolute Gasteiger partial charge is 0.339 e. The molecule has 2 rings (SSSR count). The van der Waals surface area contributed by atoms with E-state index in [9.17, 15) is 14.9 Å². The molecule has 0 atom stereocenters. The molecule has 0 radical (unpaired) electrons. The summed E-state index contributed by atoms with van der Waals surface area (Å²) in [5, 5.41) is 20.0. The molecule has 2 aromatic rings. The predicted octanol–water partition coefficient (Wildman–Crippen LogP) is 2.31. The van der Waals surface area contributed by atoms with Crippen LogP contribution in [0.1, 0.15) is 15.9 Å². The number of ether oxygens (including phenoxy) is 1. The fourth-order valence-corrected chi connectivity index (χ4v) is 1.81. The van der Waals surface area contributed by atoms with Gasteiger partial charge in [0, 0.05) is 24.9 Å². The van der Waals surface area contributed by atoms with E-state index in [1.54, 1.807) is 24.5 Å². The number of pyridine rings is 1. The van der Waals surface area contributed by atoms with Crippen molar-refractivity contribution in [2.75, 3.05) is 6.61 Å². The van der Waals surface area contributed by atoms with E-state index in [4.69, 9.17) is 9.84 Å². The topological polar surface area (TPSA) is 103 Å². The van der Waals surface area contributed by atoms with Crippen LogP contribution in [0.25, 0.3) is 0 Å². The first-order chi connectivity index (χ1) is 10.1. The number of carboxylic acid groups (broad SMARTS) is 1. The largest absolute Gasteiger partial charge is 0.486 e. The van der Waals surface area contributed by atoms with Gasteiger partial charge in [-0.15, -0.1) is 0 Å². The summed E-state index contributed by atoms with van der Waals surface area (Å²) in [6, 6.07) is 7.39. The minimum Gasteiger partial charge on any atom is -0.486 e. The molecule has 108 valence electrons. The molecule has 0 aliphatic heterocycles. The molecule has 0 fully saturated rings. The van der Waals surface area contributed by atoms with Gasteiger partial charge in [0.25, 0.3) is 0 Å². The van der Waals surface area contributed by atoms with Gasteiger partial charge in [0.15, 0.2) is 0 Å². The monoisotopic (exact) mass is 288 g/mol. The zero-order valence-electron chi connectivity index (χ0n) is 10.9. The summed E-state index contributed by atoms with van der Waals surface area (Å²) >= 11 is 0. The number of carboxylic acids is 1. The second-order valence-corrected chi connectivity index (χ2v) is 4.17. The number of carbonyl (C=O) groups is 1. The normalized spacial score (nSPS) is 10.1. The van der Waals surface area contributed by atoms with Gasteiger partial charge in [0.1, 0.15) is 5.56 Å². The maximum atomic E-state index is 11.1. The van der Waals surface area contributed by atoms with Crippen molar-refractivity contribution < 1.29 is 19.6 Å². The Morgan fingerprint density at radius 2 is 2.00 bits per heavy atom. The molecule has 0 saturated heterocycles. The third-order valence-corrected chi connectivity index (χ3v) is 2.81. The second kappa shape index (κ2) is 6.47. The lowest BCUT2D eigenvalue weighted by Gasteiger charge is -2.09. The van der Waals surface area contributed by atoms with Crippen molar-refractivity contribution >= 4 is 11.7 Å². The third kappa shape index (κ3) is 3.53. The van der Waals surface area contributed by atoms with Gasteiger partial charge in [0.05, 0.1) is 11.5 Å². The van der Waals surface area contributed by atoms with E-state index in [1.807, 2.05) is 0 Å². The number of para-hydroxylation sites is 1. The number of aromatic carboxylic acids is 1. The molecule has 1 N–H and O–H groups in total. The van der Waals surface area contributed by atoms with Crippen LogP contribution >= 0.6 is 0 Å². The fourth-order valence-electron chi connectivity index (χ4n) is 1.81. The van der Waals surface area contributed by atoms with E-state index in [0.717, 1.165) is 5.56 Å². The minimum atomic E-state index is -1.27. The lowest BCUT2D eigenvalue weighted by atomic mass is 10.1. The quantitative estimate of drug-likeness (QED) is 0.646. The van der Waals surface area contributed by atoms with Crippen molar-refractivity contribution in [3.05, 3.63) is 64.0 Å².